The molecule has 8 heteroatoms. The average molecular weight is 380 g/mol. The highest BCUT2D eigenvalue weighted by Gasteiger charge is 2.27. The lowest BCUT2D eigenvalue weighted by Gasteiger charge is -2.14. The van der Waals surface area contributed by atoms with Crippen LogP contribution in [0.15, 0.2) is 55.0 Å². The van der Waals surface area contributed by atoms with E-state index in [0.717, 1.165) is 11.2 Å². The highest BCUT2D eigenvalue weighted by Crippen LogP contribution is 2.19. The zero-order valence-electron chi connectivity index (χ0n) is 15.1. The number of carbonyl (C=O) groups is 2. The fourth-order valence-corrected chi connectivity index (χ4v) is 3.22. The Morgan fingerprint density at radius 1 is 1.21 bits per heavy atom. The molecule has 3 heterocycles. The van der Waals surface area contributed by atoms with E-state index in [0.29, 0.717) is 37.4 Å². The zero-order chi connectivity index (χ0) is 19.5. The third-order valence-corrected chi connectivity index (χ3v) is 4.75. The fraction of sp³-hybridized carbons (Fsp3) is 0.250. The molecule has 0 bridgehead atoms. The van der Waals surface area contributed by atoms with Gasteiger partial charge >= 0.3 is 6.09 Å². The topological polar surface area (TPSA) is 96.2 Å². The summed E-state index contributed by atoms with van der Waals surface area (Å²) in [5.74, 6) is 0.450. The van der Waals surface area contributed by atoms with E-state index >= 15 is 0 Å². The largest absolute Gasteiger partial charge is 0.489 e. The van der Waals surface area contributed by atoms with Gasteiger partial charge in [-0.25, -0.2) is 9.78 Å². The summed E-state index contributed by atoms with van der Waals surface area (Å²) < 4.78 is 7.71. The number of carboxylic acid groups (broad SMARTS) is 1. The molecule has 3 aromatic rings. The highest BCUT2D eigenvalue weighted by molar-refractivity contribution is 5.94. The lowest BCUT2D eigenvalue weighted by Crippen LogP contribution is -2.29. The van der Waals surface area contributed by atoms with Crippen LogP contribution in [0.3, 0.4) is 0 Å². The number of carbonyl (C=O) groups excluding carboxylic acids is 1. The van der Waals surface area contributed by atoms with Crippen LogP contribution in [0.1, 0.15) is 22.3 Å². The summed E-state index contributed by atoms with van der Waals surface area (Å²) >= 11 is 0. The number of aromatic nitrogens is 2. The predicted molar refractivity (Wildman–Crippen MR) is 101 cm³/mol. The van der Waals surface area contributed by atoms with Crippen LogP contribution in [0.25, 0.3) is 5.65 Å². The summed E-state index contributed by atoms with van der Waals surface area (Å²) in [6.07, 6.45) is 5.08. The van der Waals surface area contributed by atoms with Crippen molar-refractivity contribution >= 4 is 17.6 Å². The van der Waals surface area contributed by atoms with Crippen LogP contribution in [-0.4, -0.2) is 50.6 Å². The number of amides is 2. The van der Waals surface area contributed by atoms with Crippen molar-refractivity contribution in [3.05, 3.63) is 66.1 Å². The Morgan fingerprint density at radius 2 is 2.04 bits per heavy atom. The van der Waals surface area contributed by atoms with Gasteiger partial charge < -0.3 is 24.5 Å². The molecule has 2 N–H and O–H groups in total. The van der Waals surface area contributed by atoms with Gasteiger partial charge in [0.05, 0.1) is 6.54 Å². The van der Waals surface area contributed by atoms with Crippen molar-refractivity contribution in [3.8, 4) is 5.75 Å². The maximum atomic E-state index is 12.4. The Balaban J connectivity index is 1.31. The van der Waals surface area contributed by atoms with Crippen LogP contribution >= 0.6 is 0 Å². The zero-order valence-corrected chi connectivity index (χ0v) is 15.1. The Kier molecular flexibility index (Phi) is 4.84. The van der Waals surface area contributed by atoms with Crippen LogP contribution in [0.5, 0.6) is 5.75 Å². The van der Waals surface area contributed by atoms with Crippen molar-refractivity contribution in [1.29, 1.82) is 0 Å². The van der Waals surface area contributed by atoms with Gasteiger partial charge in [0.25, 0.3) is 5.91 Å². The Hall–Kier alpha value is -3.55. The Bertz CT molecular complexity index is 999. The van der Waals surface area contributed by atoms with Gasteiger partial charge in [0.2, 0.25) is 0 Å². The van der Waals surface area contributed by atoms with Gasteiger partial charge in [-0.1, -0.05) is 0 Å². The number of nitrogens with zero attached hydrogens (tertiary/aromatic N) is 3. The second-order valence-electron chi connectivity index (χ2n) is 6.69. The molecule has 144 valence electrons. The summed E-state index contributed by atoms with van der Waals surface area (Å²) in [7, 11) is 0. The van der Waals surface area contributed by atoms with Crippen LogP contribution < -0.4 is 10.1 Å². The molecular weight excluding hydrogens is 360 g/mol. The van der Waals surface area contributed by atoms with E-state index in [-0.39, 0.29) is 12.0 Å². The minimum atomic E-state index is -0.926. The van der Waals surface area contributed by atoms with E-state index in [2.05, 4.69) is 10.3 Å². The van der Waals surface area contributed by atoms with Gasteiger partial charge in [-0.15, -0.1) is 0 Å². The van der Waals surface area contributed by atoms with Crippen molar-refractivity contribution in [2.45, 2.75) is 19.1 Å². The number of nitrogens with one attached hydrogen (secondary N) is 1. The van der Waals surface area contributed by atoms with Crippen molar-refractivity contribution in [2.75, 3.05) is 13.1 Å². The molecule has 28 heavy (non-hydrogen) atoms. The van der Waals surface area contributed by atoms with Gasteiger partial charge in [0, 0.05) is 43.7 Å². The Labute approximate surface area is 161 Å². The monoisotopic (exact) mass is 380 g/mol. The molecule has 0 unspecified atom stereocenters. The molecule has 1 aliphatic heterocycles. The first-order valence-electron chi connectivity index (χ1n) is 9.03. The second kappa shape index (κ2) is 7.59. The summed E-state index contributed by atoms with van der Waals surface area (Å²) in [6, 6.07) is 10.7. The van der Waals surface area contributed by atoms with E-state index in [1.165, 1.54) is 4.90 Å². The number of fused-ring (bicyclic) bond motifs is 1. The quantitative estimate of drug-likeness (QED) is 0.709. The number of imidazole rings is 1. The first kappa shape index (κ1) is 17.8. The number of likely N-dealkylation sites (tertiary alicyclic amines) is 1. The average Bonchev–Trinajstić information content (AvgIpc) is 3.35. The van der Waals surface area contributed by atoms with Crippen LogP contribution in [0, 0.1) is 0 Å². The summed E-state index contributed by atoms with van der Waals surface area (Å²) in [5.41, 5.74) is 2.34. The van der Waals surface area contributed by atoms with Crippen molar-refractivity contribution in [3.63, 3.8) is 0 Å². The molecular formula is C20H20N4O4. The molecule has 1 aliphatic rings. The fourth-order valence-electron chi connectivity index (χ4n) is 3.22. The maximum Gasteiger partial charge on any atom is 0.407 e. The molecule has 8 nitrogen and oxygen atoms in total. The van der Waals surface area contributed by atoms with Crippen molar-refractivity contribution < 1.29 is 19.4 Å². The molecule has 4 rings (SSSR count). The summed E-state index contributed by atoms with van der Waals surface area (Å²) in [5, 5.41) is 11.9. The molecule has 1 saturated heterocycles. The number of hydrogen-bond acceptors (Lipinski definition) is 4. The molecule has 0 spiro atoms. The minimum absolute atomic E-state index is 0.159. The number of hydrogen-bond donors (Lipinski definition) is 2. The number of ether oxygens (including phenoxy) is 1. The van der Waals surface area contributed by atoms with Crippen molar-refractivity contribution in [1.82, 2.24) is 19.6 Å². The van der Waals surface area contributed by atoms with E-state index in [4.69, 9.17) is 9.84 Å². The summed E-state index contributed by atoms with van der Waals surface area (Å²) in [6.45, 7) is 1.25. The number of rotatable bonds is 5. The third kappa shape index (κ3) is 3.90. The van der Waals surface area contributed by atoms with Gasteiger partial charge in [-0.05, 0) is 42.0 Å². The Morgan fingerprint density at radius 3 is 2.79 bits per heavy atom. The van der Waals surface area contributed by atoms with Gasteiger partial charge in [0.15, 0.2) is 0 Å². The standard InChI is InChI=1S/C20H20N4O4/c25-19(22-12-14-5-8-23-10-7-21-18(23)11-14)15-1-3-16(4-2-15)28-17-6-9-24(13-17)20(26)27/h1-5,7-8,10-11,17H,6,9,12-13H2,(H,22,25)(H,26,27)/t17-/m1/s1. The van der Waals surface area contributed by atoms with Crippen LogP contribution in [0.4, 0.5) is 4.79 Å². The molecule has 2 aromatic heterocycles. The SMILES string of the molecule is O=C(NCc1ccn2ccnc2c1)c1ccc(O[C@@H]2CCN(C(=O)O)C2)cc1. The smallest absolute Gasteiger partial charge is 0.407 e. The maximum absolute atomic E-state index is 12.4. The third-order valence-electron chi connectivity index (χ3n) is 4.75. The van der Waals surface area contributed by atoms with Crippen molar-refractivity contribution in [2.24, 2.45) is 0 Å². The number of benzene rings is 1. The van der Waals surface area contributed by atoms with Gasteiger partial charge in [-0.2, -0.15) is 0 Å². The van der Waals surface area contributed by atoms with Gasteiger partial charge in [-0.3, -0.25) is 4.79 Å². The van der Waals surface area contributed by atoms with E-state index in [1.807, 2.05) is 28.9 Å². The molecule has 0 saturated carbocycles. The van der Waals surface area contributed by atoms with E-state index in [9.17, 15) is 9.59 Å². The molecule has 1 aromatic carbocycles. The first-order chi connectivity index (χ1) is 13.6. The van der Waals surface area contributed by atoms with Crippen LogP contribution in [0.2, 0.25) is 0 Å². The van der Waals surface area contributed by atoms with E-state index in [1.54, 1.807) is 30.5 Å². The molecule has 1 fully saturated rings. The highest BCUT2D eigenvalue weighted by atomic mass is 16.5. The molecule has 0 aliphatic carbocycles. The molecule has 0 radical (unpaired) electrons. The lowest BCUT2D eigenvalue weighted by atomic mass is 10.2. The van der Waals surface area contributed by atoms with E-state index < -0.39 is 6.09 Å². The summed E-state index contributed by atoms with van der Waals surface area (Å²) in [4.78, 5) is 28.9. The predicted octanol–water partition coefficient (Wildman–Crippen LogP) is 2.40. The second-order valence-corrected chi connectivity index (χ2v) is 6.69. The molecule has 1 atom stereocenters. The van der Waals surface area contributed by atoms with Crippen LogP contribution in [-0.2, 0) is 6.54 Å². The number of pyridine rings is 1. The van der Waals surface area contributed by atoms with Gasteiger partial charge in [0.1, 0.15) is 17.5 Å². The normalized spacial score (nSPS) is 16.3. The minimum Gasteiger partial charge on any atom is -0.489 e. The first-order valence-corrected chi connectivity index (χ1v) is 9.03. The molecule has 2 amide bonds. The lowest BCUT2D eigenvalue weighted by molar-refractivity contribution is 0.0950.